The summed E-state index contributed by atoms with van der Waals surface area (Å²) in [7, 11) is 3.83. The maximum absolute atomic E-state index is 14.1. The van der Waals surface area contributed by atoms with Gasteiger partial charge in [-0.2, -0.15) is 0 Å². The first-order chi connectivity index (χ1) is 25.6. The highest BCUT2D eigenvalue weighted by atomic mass is 16.6. The first-order valence-electron chi connectivity index (χ1n) is 17.5. The highest BCUT2D eigenvalue weighted by molar-refractivity contribution is 5.97. The Morgan fingerprint density at radius 2 is 1.72 bits per heavy atom. The van der Waals surface area contributed by atoms with Crippen LogP contribution in [0.3, 0.4) is 0 Å². The highest BCUT2D eigenvalue weighted by Gasteiger charge is 2.50. The lowest BCUT2D eigenvalue weighted by atomic mass is 9.85. The fourth-order valence-electron chi connectivity index (χ4n) is 7.54. The molecule has 0 aliphatic carbocycles. The van der Waals surface area contributed by atoms with Crippen molar-refractivity contribution in [3.8, 4) is 29.0 Å². The molecule has 5 heterocycles. The predicted molar refractivity (Wildman–Crippen MR) is 197 cm³/mol. The fourth-order valence-corrected chi connectivity index (χ4v) is 7.54. The zero-order chi connectivity index (χ0) is 37.0. The number of amides is 1. The zero-order valence-corrected chi connectivity index (χ0v) is 29.6. The van der Waals surface area contributed by atoms with Gasteiger partial charge in [-0.15, -0.1) is 0 Å². The third-order valence-corrected chi connectivity index (χ3v) is 10.2. The van der Waals surface area contributed by atoms with E-state index in [-0.39, 0.29) is 67.3 Å². The topological polar surface area (TPSA) is 131 Å². The molecule has 0 fully saturated rings. The van der Waals surface area contributed by atoms with Gasteiger partial charge in [-0.1, -0.05) is 49.1 Å². The number of cyclic esters (lactones) is 1. The van der Waals surface area contributed by atoms with E-state index in [1.54, 1.807) is 34.6 Å². The van der Waals surface area contributed by atoms with Gasteiger partial charge < -0.3 is 28.9 Å². The van der Waals surface area contributed by atoms with Crippen LogP contribution in [-0.2, 0) is 55.7 Å². The van der Waals surface area contributed by atoms with Gasteiger partial charge in [-0.25, -0.2) is 9.78 Å². The Hall–Kier alpha value is -6.25. The normalized spacial score (nSPS) is 16.6. The van der Waals surface area contributed by atoms with E-state index in [0.29, 0.717) is 34.7 Å². The molecule has 3 aromatic carbocycles. The van der Waals surface area contributed by atoms with Crippen molar-refractivity contribution in [2.24, 2.45) is 0 Å². The van der Waals surface area contributed by atoms with Crippen LogP contribution in [0.1, 0.15) is 65.1 Å². The number of aromatic hydroxyl groups is 1. The van der Waals surface area contributed by atoms with E-state index >= 15 is 0 Å². The minimum Gasteiger partial charge on any atom is -0.508 e. The van der Waals surface area contributed by atoms with Gasteiger partial charge in [-0.05, 0) is 68.5 Å². The second-order valence-corrected chi connectivity index (χ2v) is 13.8. The van der Waals surface area contributed by atoms with Gasteiger partial charge in [0.25, 0.3) is 5.56 Å². The molecule has 0 saturated heterocycles. The van der Waals surface area contributed by atoms with Crippen LogP contribution in [0.25, 0.3) is 22.3 Å². The number of benzene rings is 3. The molecule has 11 heteroatoms. The Bertz CT molecular complexity index is 2510. The lowest BCUT2D eigenvalue weighted by Gasteiger charge is -2.35. The Morgan fingerprint density at radius 1 is 0.962 bits per heavy atom. The number of carbonyl (C=O) groups is 3. The van der Waals surface area contributed by atoms with Crippen molar-refractivity contribution in [1.29, 1.82) is 0 Å². The standard InChI is InChI=1S/C42H36N4O7/c1-4-42(53-38(49)18-17-37(48)45-21-27-11-6-5-9-25(27)13-14-26-10-7-8-12-34(26)45)32-20-35-39-28(22-46(35)40(50)31(32)24-52-41(42)51)19-29-30(23-44(2)3)36(47)16-15-33(29)43-39/h5-12,15-16,19-20,47H,4,17-18,21-24H2,1-3H3/t42-/m0/s1. The number of carbonyl (C=O) groups excluding carboxylic acids is 3. The molecule has 1 N–H and O–H groups in total. The van der Waals surface area contributed by atoms with Gasteiger partial charge in [0.05, 0.1) is 47.7 Å². The lowest BCUT2D eigenvalue weighted by Crippen LogP contribution is -2.47. The minimum absolute atomic E-state index is 0.00153. The third kappa shape index (κ3) is 5.72. The van der Waals surface area contributed by atoms with Crippen molar-refractivity contribution in [1.82, 2.24) is 14.5 Å². The summed E-state index contributed by atoms with van der Waals surface area (Å²) in [5.74, 6) is 4.67. The van der Waals surface area contributed by atoms with Crippen molar-refractivity contribution in [3.05, 3.63) is 122 Å². The molecule has 1 atom stereocenters. The molecule has 1 amide bonds. The largest absolute Gasteiger partial charge is 0.508 e. The molecule has 266 valence electrons. The summed E-state index contributed by atoms with van der Waals surface area (Å²) in [4.78, 5) is 63.6. The molecular formula is C42H36N4O7. The van der Waals surface area contributed by atoms with Crippen LogP contribution < -0.4 is 10.5 Å². The number of pyridine rings is 2. The van der Waals surface area contributed by atoms with E-state index in [4.69, 9.17) is 14.5 Å². The number of hydrogen-bond acceptors (Lipinski definition) is 9. The average Bonchev–Trinajstić information content (AvgIpc) is 3.51. The number of nitrogens with zero attached hydrogens (tertiary/aromatic N) is 4. The number of phenols is 1. The Balaban J connectivity index is 1.10. The molecule has 0 spiro atoms. The number of fused-ring (bicyclic) bond motifs is 7. The summed E-state index contributed by atoms with van der Waals surface area (Å²) in [5, 5.41) is 11.4. The maximum Gasteiger partial charge on any atom is 0.355 e. The van der Waals surface area contributed by atoms with E-state index in [0.717, 1.165) is 27.6 Å². The van der Waals surface area contributed by atoms with Crippen molar-refractivity contribution in [2.75, 3.05) is 19.0 Å². The Kier molecular flexibility index (Phi) is 8.35. The summed E-state index contributed by atoms with van der Waals surface area (Å²) < 4.78 is 13.1. The number of aromatic nitrogens is 2. The van der Waals surface area contributed by atoms with Gasteiger partial charge in [0.15, 0.2) is 0 Å². The number of hydrogen-bond donors (Lipinski definition) is 1. The van der Waals surface area contributed by atoms with Gasteiger partial charge in [0.1, 0.15) is 12.4 Å². The van der Waals surface area contributed by atoms with Gasteiger partial charge >= 0.3 is 11.9 Å². The van der Waals surface area contributed by atoms with Crippen LogP contribution >= 0.6 is 0 Å². The molecule has 0 bridgehead atoms. The van der Waals surface area contributed by atoms with Gasteiger partial charge in [0.2, 0.25) is 11.5 Å². The second kappa shape index (κ2) is 13.1. The van der Waals surface area contributed by atoms with Crippen molar-refractivity contribution in [3.63, 3.8) is 0 Å². The number of esters is 2. The first kappa shape index (κ1) is 33.9. The van der Waals surface area contributed by atoms with Crippen LogP contribution in [0.15, 0.2) is 77.6 Å². The van der Waals surface area contributed by atoms with E-state index in [2.05, 4.69) is 11.8 Å². The molecule has 0 saturated carbocycles. The summed E-state index contributed by atoms with van der Waals surface area (Å²) >= 11 is 0. The van der Waals surface area contributed by atoms with E-state index in [1.165, 1.54) is 0 Å². The number of para-hydroxylation sites is 1. The zero-order valence-electron chi connectivity index (χ0n) is 29.6. The SMILES string of the molecule is CC[C@@]1(OC(=O)CCC(=O)N2Cc3ccccc3C#Cc3ccccc32)C(=O)OCc2c1cc1n(c2=O)Cc2cc3c(CN(C)C)c(O)ccc3nc2-1. The minimum atomic E-state index is -1.89. The number of phenolic OH excluding ortho intramolecular Hbond substituents is 1. The van der Waals surface area contributed by atoms with E-state index in [9.17, 15) is 24.3 Å². The van der Waals surface area contributed by atoms with Crippen LogP contribution in [0.5, 0.6) is 5.75 Å². The average molecular weight is 709 g/mol. The van der Waals surface area contributed by atoms with Gasteiger partial charge in [0, 0.05) is 46.2 Å². The van der Waals surface area contributed by atoms with Crippen molar-refractivity contribution in [2.45, 2.75) is 58.0 Å². The van der Waals surface area contributed by atoms with Gasteiger partial charge in [-0.3, -0.25) is 14.4 Å². The molecule has 3 aliphatic rings. The maximum atomic E-state index is 14.1. The Labute approximate surface area is 305 Å². The smallest absolute Gasteiger partial charge is 0.355 e. The number of rotatable bonds is 7. The third-order valence-electron chi connectivity index (χ3n) is 10.2. The first-order valence-corrected chi connectivity index (χ1v) is 17.5. The quantitative estimate of drug-likeness (QED) is 0.177. The predicted octanol–water partition coefficient (Wildman–Crippen LogP) is 5.12. The molecule has 11 nitrogen and oxygen atoms in total. The number of ether oxygens (including phenoxy) is 2. The molecular weight excluding hydrogens is 672 g/mol. The van der Waals surface area contributed by atoms with Crippen molar-refractivity contribution < 1.29 is 29.0 Å². The Morgan fingerprint density at radius 3 is 2.51 bits per heavy atom. The summed E-state index contributed by atoms with van der Waals surface area (Å²) in [5.41, 5.74) is 4.48. The van der Waals surface area contributed by atoms with Crippen LogP contribution in [-0.4, -0.2) is 51.5 Å². The highest BCUT2D eigenvalue weighted by Crippen LogP contribution is 2.42. The number of anilines is 1. The second-order valence-electron chi connectivity index (χ2n) is 13.8. The van der Waals surface area contributed by atoms with Crippen LogP contribution in [0, 0.1) is 11.8 Å². The van der Waals surface area contributed by atoms with Crippen molar-refractivity contribution >= 4 is 34.4 Å². The molecule has 53 heavy (non-hydrogen) atoms. The van der Waals surface area contributed by atoms with E-state index in [1.807, 2.05) is 73.6 Å². The summed E-state index contributed by atoms with van der Waals surface area (Å²) in [6, 6.07) is 22.0. The molecule has 0 unspecified atom stereocenters. The monoisotopic (exact) mass is 708 g/mol. The lowest BCUT2D eigenvalue weighted by molar-refractivity contribution is -0.189. The molecule has 8 rings (SSSR count). The van der Waals surface area contributed by atoms with E-state index < -0.39 is 17.5 Å². The molecule has 0 radical (unpaired) electrons. The summed E-state index contributed by atoms with van der Waals surface area (Å²) in [6.07, 6.45) is -0.494. The molecule has 3 aliphatic heterocycles. The molecule has 5 aromatic rings. The van der Waals surface area contributed by atoms with Crippen LogP contribution in [0.4, 0.5) is 5.69 Å². The molecule has 2 aromatic heterocycles. The summed E-state index contributed by atoms with van der Waals surface area (Å²) in [6.45, 7) is 2.42. The fraction of sp³-hybridized carbons (Fsp3) is 0.262. The van der Waals surface area contributed by atoms with Crippen LogP contribution in [0.2, 0.25) is 0 Å².